The van der Waals surface area contributed by atoms with Gasteiger partial charge in [0, 0.05) is 23.7 Å². The average molecular weight is 533 g/mol. The Morgan fingerprint density at radius 1 is 0.639 bits per heavy atom. The van der Waals surface area contributed by atoms with Gasteiger partial charge in [-0.2, -0.15) is 10.5 Å². The molecule has 1 aromatic carbocycles. The van der Waals surface area contributed by atoms with Gasteiger partial charge in [0.1, 0.15) is 36.5 Å². The first-order chi connectivity index (χ1) is 17.7. The van der Waals surface area contributed by atoms with Crippen LogP contribution < -0.4 is 9.47 Å². The van der Waals surface area contributed by atoms with Gasteiger partial charge in [-0.25, -0.2) is 0 Å². The summed E-state index contributed by atoms with van der Waals surface area (Å²) in [4.78, 5) is 1.94. The molecular formula is C28H40N2O4S2. The van der Waals surface area contributed by atoms with E-state index >= 15 is 0 Å². The van der Waals surface area contributed by atoms with Crippen LogP contribution in [0.25, 0.3) is 0 Å². The second-order valence-electron chi connectivity index (χ2n) is 9.14. The third-order valence-corrected chi connectivity index (χ3v) is 9.57. The Labute approximate surface area is 225 Å². The predicted molar refractivity (Wildman–Crippen MR) is 145 cm³/mol. The van der Waals surface area contributed by atoms with E-state index in [9.17, 15) is 10.5 Å². The van der Waals surface area contributed by atoms with Crippen molar-refractivity contribution in [2.24, 2.45) is 0 Å². The summed E-state index contributed by atoms with van der Waals surface area (Å²) in [5, 5.41) is 21.3. The van der Waals surface area contributed by atoms with Crippen molar-refractivity contribution in [2.75, 3.05) is 39.6 Å². The summed E-state index contributed by atoms with van der Waals surface area (Å²) in [6, 6.07) is 4.57. The SMILES string of the molecule is CCOCCOc1c(C#N)c(C#N)c(OCCOCC)c(SC2CCCCC2)c1SC1CCCCC1. The van der Waals surface area contributed by atoms with Crippen LogP contribution in [-0.4, -0.2) is 50.1 Å². The summed E-state index contributed by atoms with van der Waals surface area (Å²) in [7, 11) is 0. The molecule has 2 saturated carbocycles. The number of hydrogen-bond acceptors (Lipinski definition) is 8. The molecule has 2 aliphatic carbocycles. The van der Waals surface area contributed by atoms with Crippen LogP contribution in [0, 0.1) is 22.7 Å². The molecule has 8 heteroatoms. The number of nitrogens with zero attached hydrogens (tertiary/aromatic N) is 2. The van der Waals surface area contributed by atoms with Gasteiger partial charge in [0.2, 0.25) is 0 Å². The van der Waals surface area contributed by atoms with E-state index in [0.29, 0.717) is 61.6 Å². The van der Waals surface area contributed by atoms with Gasteiger partial charge < -0.3 is 18.9 Å². The second kappa shape index (κ2) is 16.3. The Hall–Kier alpha value is -1.58. The molecule has 2 fully saturated rings. The molecule has 0 N–H and O–H groups in total. The molecule has 198 valence electrons. The van der Waals surface area contributed by atoms with Gasteiger partial charge in [0.05, 0.1) is 23.0 Å². The topological polar surface area (TPSA) is 84.5 Å². The summed E-state index contributed by atoms with van der Waals surface area (Å²) in [6.07, 6.45) is 12.1. The monoisotopic (exact) mass is 532 g/mol. The number of nitriles is 2. The number of rotatable bonds is 14. The first-order valence-electron chi connectivity index (χ1n) is 13.5. The van der Waals surface area contributed by atoms with E-state index in [4.69, 9.17) is 18.9 Å². The molecule has 0 spiro atoms. The predicted octanol–water partition coefficient (Wildman–Crippen LogP) is 7.11. The Balaban J connectivity index is 2.09. The van der Waals surface area contributed by atoms with E-state index in [1.54, 1.807) is 0 Å². The third kappa shape index (κ3) is 8.21. The summed E-state index contributed by atoms with van der Waals surface area (Å²) in [6.45, 7) is 6.67. The Morgan fingerprint density at radius 3 is 1.36 bits per heavy atom. The summed E-state index contributed by atoms with van der Waals surface area (Å²) in [5.41, 5.74) is 0.540. The van der Waals surface area contributed by atoms with Crippen LogP contribution in [-0.2, 0) is 9.47 Å². The maximum Gasteiger partial charge on any atom is 0.153 e. The zero-order chi connectivity index (χ0) is 25.6. The molecule has 0 saturated heterocycles. The van der Waals surface area contributed by atoms with Crippen LogP contribution in [0.3, 0.4) is 0 Å². The van der Waals surface area contributed by atoms with Gasteiger partial charge in [-0.15, -0.1) is 23.5 Å². The summed E-state index contributed by atoms with van der Waals surface area (Å²) < 4.78 is 23.5. The first-order valence-corrected chi connectivity index (χ1v) is 15.3. The molecular weight excluding hydrogens is 492 g/mol. The largest absolute Gasteiger partial charge is 0.489 e. The minimum atomic E-state index is 0.270. The fourth-order valence-electron chi connectivity index (χ4n) is 4.76. The van der Waals surface area contributed by atoms with Crippen LogP contribution >= 0.6 is 23.5 Å². The van der Waals surface area contributed by atoms with Crippen LogP contribution in [0.1, 0.15) is 89.2 Å². The standard InChI is InChI=1S/C28H40N2O4S2/c1-3-31-15-17-33-25-23(19-29)24(20-30)26(34-18-16-32-4-2)28(36-22-13-9-6-10-14-22)27(25)35-21-11-7-5-8-12-21/h21-22H,3-18H2,1-2H3. The lowest BCUT2D eigenvalue weighted by Gasteiger charge is -2.28. The molecule has 36 heavy (non-hydrogen) atoms. The van der Waals surface area contributed by atoms with Gasteiger partial charge in [-0.1, -0.05) is 38.5 Å². The van der Waals surface area contributed by atoms with E-state index in [1.165, 1.54) is 38.5 Å². The molecule has 0 aliphatic heterocycles. The lowest BCUT2D eigenvalue weighted by atomic mass is 10.0. The number of hydrogen-bond donors (Lipinski definition) is 0. The zero-order valence-corrected chi connectivity index (χ0v) is 23.4. The van der Waals surface area contributed by atoms with Crippen molar-refractivity contribution in [2.45, 2.75) is 98.3 Å². The van der Waals surface area contributed by atoms with Crippen molar-refractivity contribution in [3.05, 3.63) is 11.1 Å². The van der Waals surface area contributed by atoms with Crippen molar-refractivity contribution >= 4 is 23.5 Å². The van der Waals surface area contributed by atoms with E-state index in [1.807, 2.05) is 37.4 Å². The molecule has 0 amide bonds. The van der Waals surface area contributed by atoms with Gasteiger partial charge in [-0.3, -0.25) is 0 Å². The molecule has 0 aromatic heterocycles. The van der Waals surface area contributed by atoms with Crippen molar-refractivity contribution in [3.63, 3.8) is 0 Å². The molecule has 6 nitrogen and oxygen atoms in total. The maximum atomic E-state index is 10.2. The van der Waals surface area contributed by atoms with Crippen LogP contribution in [0.5, 0.6) is 11.5 Å². The van der Waals surface area contributed by atoms with Crippen LogP contribution in [0.15, 0.2) is 9.79 Å². The quantitative estimate of drug-likeness (QED) is 0.234. The molecule has 0 atom stereocenters. The smallest absolute Gasteiger partial charge is 0.153 e. The average Bonchev–Trinajstić information content (AvgIpc) is 2.92. The summed E-state index contributed by atoms with van der Waals surface area (Å²) >= 11 is 3.64. The van der Waals surface area contributed by atoms with Crippen LogP contribution in [0.2, 0.25) is 0 Å². The van der Waals surface area contributed by atoms with E-state index in [2.05, 4.69) is 12.1 Å². The maximum absolute atomic E-state index is 10.2. The van der Waals surface area contributed by atoms with Gasteiger partial charge >= 0.3 is 0 Å². The lowest BCUT2D eigenvalue weighted by molar-refractivity contribution is 0.106. The second-order valence-corrected chi connectivity index (χ2v) is 11.8. The molecule has 2 aliphatic rings. The first kappa shape index (κ1) is 29.0. The normalized spacial score (nSPS) is 16.9. The molecule has 3 rings (SSSR count). The molecule has 0 heterocycles. The lowest BCUT2D eigenvalue weighted by Crippen LogP contribution is -2.15. The molecule has 0 unspecified atom stereocenters. The third-order valence-electron chi connectivity index (χ3n) is 6.58. The van der Waals surface area contributed by atoms with E-state index in [0.717, 1.165) is 35.5 Å². The molecule has 0 radical (unpaired) electrons. The minimum absolute atomic E-state index is 0.270. The van der Waals surface area contributed by atoms with Gasteiger partial charge in [0.15, 0.2) is 11.5 Å². The number of thioether (sulfide) groups is 2. The minimum Gasteiger partial charge on any atom is -0.489 e. The molecule has 1 aromatic rings. The highest BCUT2D eigenvalue weighted by Crippen LogP contribution is 2.53. The van der Waals surface area contributed by atoms with Gasteiger partial charge in [-0.05, 0) is 39.5 Å². The van der Waals surface area contributed by atoms with E-state index in [-0.39, 0.29) is 11.1 Å². The van der Waals surface area contributed by atoms with Crippen molar-refractivity contribution in [1.29, 1.82) is 10.5 Å². The van der Waals surface area contributed by atoms with Crippen LogP contribution in [0.4, 0.5) is 0 Å². The highest BCUT2D eigenvalue weighted by atomic mass is 32.2. The fourth-order valence-corrected chi connectivity index (χ4v) is 7.79. The van der Waals surface area contributed by atoms with Crippen molar-refractivity contribution in [1.82, 2.24) is 0 Å². The van der Waals surface area contributed by atoms with Crippen molar-refractivity contribution in [3.8, 4) is 23.6 Å². The highest BCUT2D eigenvalue weighted by Gasteiger charge is 2.31. The Bertz CT molecular complexity index is 828. The zero-order valence-electron chi connectivity index (χ0n) is 21.8. The van der Waals surface area contributed by atoms with Crippen molar-refractivity contribution < 1.29 is 18.9 Å². The number of benzene rings is 1. The van der Waals surface area contributed by atoms with E-state index < -0.39 is 0 Å². The molecule has 0 bridgehead atoms. The summed E-state index contributed by atoms with van der Waals surface area (Å²) in [5.74, 6) is 1.06. The highest BCUT2D eigenvalue weighted by molar-refractivity contribution is 8.03. The fraction of sp³-hybridized carbons (Fsp3) is 0.714. The Morgan fingerprint density at radius 2 is 1.03 bits per heavy atom. The number of ether oxygens (including phenoxy) is 4. The van der Waals surface area contributed by atoms with Gasteiger partial charge in [0.25, 0.3) is 0 Å². The Kier molecular flexibility index (Phi) is 13.1.